The van der Waals surface area contributed by atoms with Gasteiger partial charge in [-0.1, -0.05) is 18.2 Å². The van der Waals surface area contributed by atoms with Crippen molar-refractivity contribution in [3.05, 3.63) is 71.0 Å². The standard InChI is InChI=1S/C26H33F3N2O2S/c1-25(2,3)33-24(32)31-22(14-18-6-4-5-7-23(18)29)8-11-30-26(9-12-34-13-10-26)19-15-20(27)17-21(28)16-19/h4-7,15-17,22,30H,8-14H2,1-3H3,(H,31,32)/t22-/m0/s1. The van der Waals surface area contributed by atoms with Crippen molar-refractivity contribution in [1.82, 2.24) is 10.6 Å². The molecule has 1 heterocycles. The van der Waals surface area contributed by atoms with Crippen LogP contribution in [0.25, 0.3) is 0 Å². The van der Waals surface area contributed by atoms with Gasteiger partial charge in [0, 0.05) is 17.6 Å². The molecule has 1 fully saturated rings. The van der Waals surface area contributed by atoms with Crippen molar-refractivity contribution < 1.29 is 22.7 Å². The summed E-state index contributed by atoms with van der Waals surface area (Å²) in [7, 11) is 0. The summed E-state index contributed by atoms with van der Waals surface area (Å²) in [5.74, 6) is 0.221. The molecular weight excluding hydrogens is 461 g/mol. The first-order valence-corrected chi connectivity index (χ1v) is 12.7. The molecule has 0 bridgehead atoms. The summed E-state index contributed by atoms with van der Waals surface area (Å²) in [6.07, 6.45) is 1.69. The predicted molar refractivity (Wildman–Crippen MR) is 130 cm³/mol. The maximum Gasteiger partial charge on any atom is 0.407 e. The van der Waals surface area contributed by atoms with Crippen LogP contribution in [0.5, 0.6) is 0 Å². The lowest BCUT2D eigenvalue weighted by molar-refractivity contribution is 0.0501. The first kappa shape index (κ1) is 26.4. The smallest absolute Gasteiger partial charge is 0.407 e. The largest absolute Gasteiger partial charge is 0.444 e. The van der Waals surface area contributed by atoms with E-state index in [4.69, 9.17) is 4.74 Å². The molecule has 8 heteroatoms. The lowest BCUT2D eigenvalue weighted by Gasteiger charge is -2.39. The molecule has 1 aliphatic heterocycles. The van der Waals surface area contributed by atoms with Gasteiger partial charge in [-0.25, -0.2) is 18.0 Å². The van der Waals surface area contributed by atoms with Gasteiger partial charge in [-0.15, -0.1) is 0 Å². The zero-order chi connectivity index (χ0) is 24.8. The Morgan fingerprint density at radius 2 is 1.74 bits per heavy atom. The molecule has 2 aromatic rings. The second-order valence-electron chi connectivity index (χ2n) is 9.71. The molecule has 1 amide bonds. The Morgan fingerprint density at radius 1 is 1.09 bits per heavy atom. The van der Waals surface area contributed by atoms with Crippen LogP contribution in [0.15, 0.2) is 42.5 Å². The molecule has 2 aromatic carbocycles. The second-order valence-corrected chi connectivity index (χ2v) is 10.9. The molecule has 1 aliphatic rings. The number of ether oxygens (including phenoxy) is 1. The van der Waals surface area contributed by atoms with E-state index in [-0.39, 0.29) is 5.82 Å². The number of hydrogen-bond acceptors (Lipinski definition) is 4. The molecule has 0 spiro atoms. The van der Waals surface area contributed by atoms with Gasteiger partial charge in [0.2, 0.25) is 0 Å². The van der Waals surface area contributed by atoms with Crippen LogP contribution in [-0.2, 0) is 16.7 Å². The van der Waals surface area contributed by atoms with Crippen molar-refractivity contribution in [3.8, 4) is 0 Å². The summed E-state index contributed by atoms with van der Waals surface area (Å²) in [4.78, 5) is 12.4. The molecule has 0 radical (unpaired) electrons. The Balaban J connectivity index is 1.74. The maximum absolute atomic E-state index is 14.3. The summed E-state index contributed by atoms with van der Waals surface area (Å²) in [5, 5.41) is 6.39. The van der Waals surface area contributed by atoms with Crippen molar-refractivity contribution in [2.45, 2.75) is 63.6 Å². The van der Waals surface area contributed by atoms with Crippen molar-refractivity contribution in [1.29, 1.82) is 0 Å². The van der Waals surface area contributed by atoms with Gasteiger partial charge >= 0.3 is 6.09 Å². The van der Waals surface area contributed by atoms with Gasteiger partial charge in [-0.05, 0) is 93.8 Å². The first-order valence-electron chi connectivity index (χ1n) is 11.6. The van der Waals surface area contributed by atoms with Crippen LogP contribution in [0.2, 0.25) is 0 Å². The van der Waals surface area contributed by atoms with E-state index in [9.17, 15) is 18.0 Å². The van der Waals surface area contributed by atoms with E-state index in [1.165, 1.54) is 18.2 Å². The second kappa shape index (κ2) is 11.5. The average molecular weight is 495 g/mol. The number of halogens is 3. The Kier molecular flexibility index (Phi) is 8.93. The first-order chi connectivity index (χ1) is 16.1. The number of hydrogen-bond donors (Lipinski definition) is 2. The van der Waals surface area contributed by atoms with Gasteiger partial charge in [0.15, 0.2) is 0 Å². The fraction of sp³-hybridized carbons (Fsp3) is 0.500. The minimum absolute atomic E-state index is 0.297. The molecule has 186 valence electrons. The van der Waals surface area contributed by atoms with Crippen LogP contribution in [0.1, 0.15) is 51.2 Å². The van der Waals surface area contributed by atoms with Crippen molar-refractivity contribution in [2.24, 2.45) is 0 Å². The van der Waals surface area contributed by atoms with E-state index in [1.54, 1.807) is 39.0 Å². The quantitative estimate of drug-likeness (QED) is 0.477. The molecular formula is C26H33F3N2O2S. The highest BCUT2D eigenvalue weighted by Gasteiger charge is 2.34. The fourth-order valence-corrected chi connectivity index (χ4v) is 5.42. The minimum Gasteiger partial charge on any atom is -0.444 e. The van der Waals surface area contributed by atoms with E-state index in [0.717, 1.165) is 30.4 Å². The number of alkyl carbamates (subject to hydrolysis) is 1. The summed E-state index contributed by atoms with van der Waals surface area (Å²) in [5.41, 5.74) is -0.116. The van der Waals surface area contributed by atoms with E-state index >= 15 is 0 Å². The molecule has 1 atom stereocenters. The third-order valence-electron chi connectivity index (χ3n) is 5.86. The number of benzene rings is 2. The number of amides is 1. The van der Waals surface area contributed by atoms with Gasteiger partial charge in [0.25, 0.3) is 0 Å². The lowest BCUT2D eigenvalue weighted by atomic mass is 9.83. The van der Waals surface area contributed by atoms with Crippen LogP contribution >= 0.6 is 11.8 Å². The van der Waals surface area contributed by atoms with E-state index in [0.29, 0.717) is 30.5 Å². The summed E-state index contributed by atoms with van der Waals surface area (Å²) in [6.45, 7) is 5.81. The van der Waals surface area contributed by atoms with Gasteiger partial charge in [-0.3, -0.25) is 0 Å². The van der Waals surface area contributed by atoms with Crippen LogP contribution in [0.4, 0.5) is 18.0 Å². The molecule has 1 saturated heterocycles. The van der Waals surface area contributed by atoms with Crippen LogP contribution in [-0.4, -0.2) is 35.8 Å². The van der Waals surface area contributed by atoms with Gasteiger partial charge in [0.1, 0.15) is 23.1 Å². The number of rotatable bonds is 8. The average Bonchev–Trinajstić information content (AvgIpc) is 2.74. The fourth-order valence-electron chi connectivity index (χ4n) is 4.23. The molecule has 0 unspecified atom stereocenters. The highest BCUT2D eigenvalue weighted by Crippen LogP contribution is 2.36. The Morgan fingerprint density at radius 3 is 2.35 bits per heavy atom. The zero-order valence-electron chi connectivity index (χ0n) is 19.9. The third kappa shape index (κ3) is 7.67. The number of carbonyl (C=O) groups is 1. The van der Waals surface area contributed by atoms with Gasteiger partial charge in [-0.2, -0.15) is 11.8 Å². The predicted octanol–water partition coefficient (Wildman–Crippen LogP) is 5.94. The summed E-state index contributed by atoms with van der Waals surface area (Å²) in [6, 6.07) is 9.74. The topological polar surface area (TPSA) is 50.4 Å². The molecule has 0 aliphatic carbocycles. The number of nitrogens with one attached hydrogen (secondary N) is 2. The van der Waals surface area contributed by atoms with E-state index < -0.39 is 34.9 Å². The monoisotopic (exact) mass is 494 g/mol. The molecule has 0 saturated carbocycles. The molecule has 0 aromatic heterocycles. The Labute approximate surface area is 204 Å². The highest BCUT2D eigenvalue weighted by molar-refractivity contribution is 7.99. The number of thioether (sulfide) groups is 1. The van der Waals surface area contributed by atoms with Gasteiger partial charge in [0.05, 0.1) is 0 Å². The normalized spacial score (nSPS) is 16.6. The van der Waals surface area contributed by atoms with E-state index in [2.05, 4.69) is 10.6 Å². The molecule has 34 heavy (non-hydrogen) atoms. The Hall–Kier alpha value is -2.19. The molecule has 4 nitrogen and oxygen atoms in total. The van der Waals surface area contributed by atoms with Crippen LogP contribution < -0.4 is 10.6 Å². The SMILES string of the molecule is CC(C)(C)OC(=O)N[C@@H](CCNC1(c2cc(F)cc(F)c2)CCSCC1)Cc1ccccc1F. The minimum atomic E-state index is -0.657. The summed E-state index contributed by atoms with van der Waals surface area (Å²) < 4.78 is 47.7. The molecule has 2 N–H and O–H groups in total. The maximum atomic E-state index is 14.3. The van der Waals surface area contributed by atoms with Crippen molar-refractivity contribution in [2.75, 3.05) is 18.1 Å². The van der Waals surface area contributed by atoms with Crippen LogP contribution in [0.3, 0.4) is 0 Å². The van der Waals surface area contributed by atoms with Crippen LogP contribution in [0, 0.1) is 17.5 Å². The van der Waals surface area contributed by atoms with E-state index in [1.807, 2.05) is 11.8 Å². The third-order valence-corrected chi connectivity index (χ3v) is 6.85. The number of carbonyl (C=O) groups excluding carboxylic acids is 1. The zero-order valence-corrected chi connectivity index (χ0v) is 20.7. The van der Waals surface area contributed by atoms with Gasteiger partial charge < -0.3 is 15.4 Å². The lowest BCUT2D eigenvalue weighted by Crippen LogP contribution is -2.48. The van der Waals surface area contributed by atoms with Crippen molar-refractivity contribution >= 4 is 17.9 Å². The Bertz CT molecular complexity index is 955. The molecule has 3 rings (SSSR count). The van der Waals surface area contributed by atoms with Crippen molar-refractivity contribution in [3.63, 3.8) is 0 Å². The summed E-state index contributed by atoms with van der Waals surface area (Å²) >= 11 is 1.81. The highest BCUT2D eigenvalue weighted by atomic mass is 32.2.